The quantitative estimate of drug-likeness (QED) is 0.465. The lowest BCUT2D eigenvalue weighted by atomic mass is 10.2. The molecule has 1 aromatic carbocycles. The third-order valence-electron chi connectivity index (χ3n) is 2.49. The van der Waals surface area contributed by atoms with Crippen LogP contribution < -0.4 is 4.90 Å². The van der Waals surface area contributed by atoms with Gasteiger partial charge in [0.15, 0.2) is 5.82 Å². The van der Waals surface area contributed by atoms with E-state index in [1.54, 1.807) is 24.9 Å². The lowest BCUT2D eigenvalue weighted by molar-refractivity contribution is -0.384. The minimum Gasteiger partial charge on any atom is -0.361 e. The molecule has 0 N–H and O–H groups in total. The van der Waals surface area contributed by atoms with Gasteiger partial charge in [-0.2, -0.15) is 4.98 Å². The minimum atomic E-state index is -0.393. The maximum absolute atomic E-state index is 11.1. The minimum absolute atomic E-state index is 0.0645. The van der Waals surface area contributed by atoms with Gasteiger partial charge in [0.25, 0.3) is 5.69 Å². The highest BCUT2D eigenvalue weighted by Gasteiger charge is 2.18. The number of hydrogen-bond acceptors (Lipinski definition) is 6. The monoisotopic (exact) mass is 374 g/mol. The maximum atomic E-state index is 11.1. The van der Waals surface area contributed by atoms with Crippen LogP contribution in [0.1, 0.15) is 11.7 Å². The zero-order valence-electron chi connectivity index (χ0n) is 10.3. The summed E-state index contributed by atoms with van der Waals surface area (Å²) in [6, 6.07) is 5.07. The highest BCUT2D eigenvalue weighted by Crippen LogP contribution is 2.29. The van der Waals surface area contributed by atoms with Gasteiger partial charge in [0.2, 0.25) is 5.89 Å². The molecule has 0 radical (unpaired) electrons. The molecule has 1 heterocycles. The van der Waals surface area contributed by atoms with E-state index in [0.29, 0.717) is 23.9 Å². The van der Waals surface area contributed by atoms with Crippen LogP contribution in [0.5, 0.6) is 0 Å². The zero-order valence-corrected chi connectivity index (χ0v) is 12.5. The molecule has 0 saturated carbocycles. The van der Waals surface area contributed by atoms with E-state index >= 15 is 0 Å². The first-order valence-corrected chi connectivity index (χ1v) is 6.49. The largest absolute Gasteiger partial charge is 0.361 e. The second-order valence-corrected chi connectivity index (χ2v) is 5.22. The molecule has 0 amide bonds. The third-order valence-corrected chi connectivity index (χ3v) is 3.16. The van der Waals surface area contributed by atoms with E-state index in [1.165, 1.54) is 6.07 Å². The number of nitro benzene ring substituents is 1. The first kappa shape index (κ1) is 13.7. The van der Waals surface area contributed by atoms with E-state index in [4.69, 9.17) is 4.52 Å². The molecule has 2 rings (SSSR count). The fourth-order valence-corrected chi connectivity index (χ4v) is 2.14. The van der Waals surface area contributed by atoms with Gasteiger partial charge in [-0.3, -0.25) is 10.1 Å². The number of nitrogens with zero attached hydrogens (tertiary/aromatic N) is 4. The van der Waals surface area contributed by atoms with Crippen LogP contribution in [0.15, 0.2) is 22.7 Å². The number of aryl methyl sites for hydroxylation is 1. The van der Waals surface area contributed by atoms with Crippen molar-refractivity contribution >= 4 is 34.0 Å². The number of rotatable bonds is 4. The van der Waals surface area contributed by atoms with Crippen LogP contribution in [0.4, 0.5) is 11.4 Å². The Labute approximate surface area is 122 Å². The van der Waals surface area contributed by atoms with Gasteiger partial charge < -0.3 is 9.42 Å². The van der Waals surface area contributed by atoms with Crippen LogP contribution in [0, 0.1) is 20.6 Å². The Kier molecular flexibility index (Phi) is 3.98. The predicted molar refractivity (Wildman–Crippen MR) is 77.0 cm³/mol. The Morgan fingerprint density at radius 1 is 1.53 bits per heavy atom. The molecule has 8 heteroatoms. The van der Waals surface area contributed by atoms with Crippen LogP contribution >= 0.6 is 22.6 Å². The van der Waals surface area contributed by atoms with Gasteiger partial charge in [-0.1, -0.05) is 5.16 Å². The average molecular weight is 374 g/mol. The third kappa shape index (κ3) is 3.19. The summed E-state index contributed by atoms with van der Waals surface area (Å²) in [5.41, 5.74) is 0.586. The lowest BCUT2D eigenvalue weighted by Gasteiger charge is -2.17. The van der Waals surface area contributed by atoms with Gasteiger partial charge in [0.1, 0.15) is 5.69 Å². The van der Waals surface area contributed by atoms with Crippen molar-refractivity contribution < 1.29 is 9.45 Å². The van der Waals surface area contributed by atoms with Crippen LogP contribution in [0.2, 0.25) is 0 Å². The van der Waals surface area contributed by atoms with Crippen molar-refractivity contribution in [2.45, 2.75) is 13.5 Å². The zero-order chi connectivity index (χ0) is 14.0. The number of nitro groups is 1. The van der Waals surface area contributed by atoms with Crippen LogP contribution in [-0.2, 0) is 6.54 Å². The van der Waals surface area contributed by atoms with Crippen molar-refractivity contribution in [1.29, 1.82) is 0 Å². The summed E-state index contributed by atoms with van der Waals surface area (Å²) in [4.78, 5) is 16.5. The topological polar surface area (TPSA) is 85.3 Å². The van der Waals surface area contributed by atoms with Crippen LogP contribution in [0.3, 0.4) is 0 Å². The number of halogens is 1. The Hall–Kier alpha value is -1.71. The number of benzene rings is 1. The molecule has 100 valence electrons. The molecule has 0 bridgehead atoms. The summed E-state index contributed by atoms with van der Waals surface area (Å²) in [6.07, 6.45) is 0. The average Bonchev–Trinajstić information content (AvgIpc) is 2.74. The molecule has 0 aliphatic heterocycles. The molecule has 0 unspecified atom stereocenters. The van der Waals surface area contributed by atoms with Gasteiger partial charge in [0, 0.05) is 23.6 Å². The summed E-state index contributed by atoms with van der Waals surface area (Å²) in [7, 11) is 1.75. The van der Waals surface area contributed by atoms with Crippen molar-refractivity contribution in [3.63, 3.8) is 0 Å². The van der Waals surface area contributed by atoms with Gasteiger partial charge in [0.05, 0.1) is 11.5 Å². The summed E-state index contributed by atoms with van der Waals surface area (Å²) < 4.78 is 5.69. The molecule has 1 aromatic heterocycles. The molecule has 0 saturated heterocycles. The smallest absolute Gasteiger partial charge is 0.293 e. The van der Waals surface area contributed by atoms with Crippen LogP contribution in [-0.4, -0.2) is 22.1 Å². The normalized spacial score (nSPS) is 10.5. The lowest BCUT2D eigenvalue weighted by Crippen LogP contribution is -2.18. The number of anilines is 1. The van der Waals surface area contributed by atoms with E-state index in [2.05, 4.69) is 10.1 Å². The molecule has 0 fully saturated rings. The molecular weight excluding hydrogens is 363 g/mol. The molecular formula is C11H11IN4O3. The van der Waals surface area contributed by atoms with E-state index in [1.807, 2.05) is 28.7 Å². The summed E-state index contributed by atoms with van der Waals surface area (Å²) in [5.74, 6) is 0.966. The standard InChI is InChI=1S/C11H11IN4O3/c1-7-13-11(14-19-7)6-15(2)9-4-3-8(12)5-10(9)16(17)18/h3-5H,6H2,1-2H3. The maximum Gasteiger partial charge on any atom is 0.293 e. The molecule has 0 aliphatic carbocycles. The van der Waals surface area contributed by atoms with Crippen molar-refractivity contribution in [2.75, 3.05) is 11.9 Å². The molecule has 2 aromatic rings. The van der Waals surface area contributed by atoms with E-state index in [0.717, 1.165) is 3.57 Å². The Morgan fingerprint density at radius 3 is 2.84 bits per heavy atom. The van der Waals surface area contributed by atoms with Crippen molar-refractivity contribution in [2.24, 2.45) is 0 Å². The highest BCUT2D eigenvalue weighted by molar-refractivity contribution is 14.1. The fraction of sp³-hybridized carbons (Fsp3) is 0.273. The Balaban J connectivity index is 2.28. The van der Waals surface area contributed by atoms with E-state index < -0.39 is 4.92 Å². The first-order valence-electron chi connectivity index (χ1n) is 5.41. The predicted octanol–water partition coefficient (Wildman–Crippen LogP) is 2.53. The van der Waals surface area contributed by atoms with E-state index in [-0.39, 0.29) is 5.69 Å². The second kappa shape index (κ2) is 5.51. The number of aromatic nitrogens is 2. The van der Waals surface area contributed by atoms with Crippen molar-refractivity contribution in [3.05, 3.63) is 43.6 Å². The fourth-order valence-electron chi connectivity index (χ4n) is 1.67. The van der Waals surface area contributed by atoms with Crippen molar-refractivity contribution in [1.82, 2.24) is 10.1 Å². The Morgan fingerprint density at radius 2 is 2.26 bits per heavy atom. The van der Waals surface area contributed by atoms with E-state index in [9.17, 15) is 10.1 Å². The first-order chi connectivity index (χ1) is 8.97. The molecule has 0 aliphatic rings. The van der Waals surface area contributed by atoms with Crippen molar-refractivity contribution in [3.8, 4) is 0 Å². The summed E-state index contributed by atoms with van der Waals surface area (Å²) >= 11 is 2.04. The van der Waals surface area contributed by atoms with Crippen LogP contribution in [0.25, 0.3) is 0 Å². The van der Waals surface area contributed by atoms with Gasteiger partial charge in [-0.05, 0) is 34.7 Å². The summed E-state index contributed by atoms with van der Waals surface area (Å²) in [5, 5.41) is 14.8. The highest BCUT2D eigenvalue weighted by atomic mass is 127. The Bertz CT molecular complexity index is 614. The number of hydrogen-bond donors (Lipinski definition) is 0. The molecule has 0 atom stereocenters. The van der Waals surface area contributed by atoms with Gasteiger partial charge in [-0.25, -0.2) is 0 Å². The molecule has 7 nitrogen and oxygen atoms in total. The molecule has 0 spiro atoms. The van der Waals surface area contributed by atoms with Gasteiger partial charge in [-0.15, -0.1) is 0 Å². The second-order valence-electron chi connectivity index (χ2n) is 3.98. The summed E-state index contributed by atoms with van der Waals surface area (Å²) in [6.45, 7) is 2.04. The molecule has 19 heavy (non-hydrogen) atoms. The SMILES string of the molecule is Cc1nc(CN(C)c2ccc(I)cc2[N+](=O)[O-])no1. The van der Waals surface area contributed by atoms with Gasteiger partial charge >= 0.3 is 0 Å².